The lowest BCUT2D eigenvalue weighted by Gasteiger charge is -2.24. The molecule has 27 heavy (non-hydrogen) atoms. The van der Waals surface area contributed by atoms with E-state index in [9.17, 15) is 9.59 Å². The van der Waals surface area contributed by atoms with Crippen molar-refractivity contribution in [3.05, 3.63) is 83.0 Å². The summed E-state index contributed by atoms with van der Waals surface area (Å²) in [6.07, 6.45) is 2.11. The highest BCUT2D eigenvalue weighted by Crippen LogP contribution is 2.37. The van der Waals surface area contributed by atoms with Gasteiger partial charge in [-0.3, -0.25) is 4.79 Å². The number of aromatic nitrogens is 2. The van der Waals surface area contributed by atoms with Gasteiger partial charge in [0.2, 0.25) is 5.91 Å². The monoisotopic (exact) mass is 361 g/mol. The number of hydrogen-bond acceptors (Lipinski definition) is 4. The first-order valence-corrected chi connectivity index (χ1v) is 8.73. The molecule has 1 amide bonds. The van der Waals surface area contributed by atoms with Crippen molar-refractivity contribution in [3.63, 3.8) is 0 Å². The third kappa shape index (κ3) is 3.33. The lowest BCUT2D eigenvalue weighted by molar-refractivity contribution is -0.116. The number of carbonyl (C=O) groups excluding carboxylic acids is 2. The molecule has 1 aliphatic heterocycles. The van der Waals surface area contributed by atoms with Crippen LogP contribution >= 0.6 is 0 Å². The Balaban J connectivity index is 1.70. The van der Waals surface area contributed by atoms with Gasteiger partial charge in [-0.2, -0.15) is 5.10 Å². The van der Waals surface area contributed by atoms with E-state index in [0.717, 1.165) is 16.7 Å². The molecule has 0 radical (unpaired) electrons. The fourth-order valence-electron chi connectivity index (χ4n) is 3.44. The Morgan fingerprint density at radius 1 is 1.22 bits per heavy atom. The predicted octanol–water partition coefficient (Wildman–Crippen LogP) is 3.19. The number of carbonyl (C=O) groups is 2. The standard InChI is InChI=1S/C21H19N3O3/c1-27-21(26)16-9-5-8-15(10-16)17-11-19(25)23-20-18(17)12-22-24(20)13-14-6-3-2-4-7-14/h2-10,12,17H,11,13H2,1H3,(H,23,25)/t17-/m1/s1. The summed E-state index contributed by atoms with van der Waals surface area (Å²) in [5, 5.41) is 7.43. The van der Waals surface area contributed by atoms with Crippen molar-refractivity contribution < 1.29 is 14.3 Å². The number of fused-ring (bicyclic) bond motifs is 1. The molecular weight excluding hydrogens is 342 g/mol. The molecule has 1 aromatic heterocycles. The van der Waals surface area contributed by atoms with Crippen LogP contribution in [0.15, 0.2) is 60.8 Å². The zero-order chi connectivity index (χ0) is 18.8. The first kappa shape index (κ1) is 17.0. The second-order valence-corrected chi connectivity index (χ2v) is 6.51. The topological polar surface area (TPSA) is 73.2 Å². The fourth-order valence-corrected chi connectivity index (χ4v) is 3.44. The van der Waals surface area contributed by atoms with Crippen molar-refractivity contribution in [2.75, 3.05) is 12.4 Å². The van der Waals surface area contributed by atoms with Gasteiger partial charge in [0.05, 0.1) is 25.4 Å². The van der Waals surface area contributed by atoms with E-state index in [1.54, 1.807) is 23.0 Å². The van der Waals surface area contributed by atoms with Gasteiger partial charge < -0.3 is 10.1 Å². The lowest BCUT2D eigenvalue weighted by Crippen LogP contribution is -2.25. The minimum absolute atomic E-state index is 0.0641. The van der Waals surface area contributed by atoms with Gasteiger partial charge in [0.15, 0.2) is 0 Å². The second-order valence-electron chi connectivity index (χ2n) is 6.51. The number of ether oxygens (including phenoxy) is 1. The summed E-state index contributed by atoms with van der Waals surface area (Å²) in [6, 6.07) is 17.2. The molecular formula is C21H19N3O3. The Kier molecular flexibility index (Phi) is 4.46. The summed E-state index contributed by atoms with van der Waals surface area (Å²) in [5.41, 5.74) is 3.42. The molecule has 0 bridgehead atoms. The first-order chi connectivity index (χ1) is 13.2. The van der Waals surface area contributed by atoms with Gasteiger partial charge in [-0.1, -0.05) is 42.5 Å². The number of rotatable bonds is 4. The number of nitrogens with one attached hydrogen (secondary N) is 1. The highest BCUT2D eigenvalue weighted by molar-refractivity contribution is 5.94. The van der Waals surface area contributed by atoms with Crippen LogP contribution in [0.4, 0.5) is 5.82 Å². The highest BCUT2D eigenvalue weighted by atomic mass is 16.5. The Hall–Kier alpha value is -3.41. The Bertz CT molecular complexity index is 995. The van der Waals surface area contributed by atoms with Crippen LogP contribution < -0.4 is 5.32 Å². The number of hydrogen-bond donors (Lipinski definition) is 1. The Morgan fingerprint density at radius 2 is 2.04 bits per heavy atom. The summed E-state index contributed by atoms with van der Waals surface area (Å²) >= 11 is 0. The molecule has 1 atom stereocenters. The van der Waals surface area contributed by atoms with E-state index in [-0.39, 0.29) is 11.8 Å². The molecule has 6 nitrogen and oxygen atoms in total. The normalized spacial score (nSPS) is 15.7. The number of anilines is 1. The number of amides is 1. The van der Waals surface area contributed by atoms with Gasteiger partial charge in [-0.15, -0.1) is 0 Å². The van der Waals surface area contributed by atoms with Crippen LogP contribution in [0, 0.1) is 0 Å². The molecule has 2 aromatic carbocycles. The lowest BCUT2D eigenvalue weighted by atomic mass is 9.86. The van der Waals surface area contributed by atoms with Crippen LogP contribution in [0.3, 0.4) is 0 Å². The maximum absolute atomic E-state index is 12.3. The molecule has 0 unspecified atom stereocenters. The largest absolute Gasteiger partial charge is 0.465 e. The molecule has 1 N–H and O–H groups in total. The molecule has 0 aliphatic carbocycles. The molecule has 136 valence electrons. The maximum atomic E-state index is 12.3. The third-order valence-corrected chi connectivity index (χ3v) is 4.78. The second kappa shape index (κ2) is 7.07. The van der Waals surface area contributed by atoms with E-state index in [1.165, 1.54) is 7.11 Å². The molecule has 6 heteroatoms. The van der Waals surface area contributed by atoms with Crippen LogP contribution in [-0.2, 0) is 16.1 Å². The average Bonchev–Trinajstić information content (AvgIpc) is 3.10. The van der Waals surface area contributed by atoms with Crippen molar-refractivity contribution >= 4 is 17.7 Å². The van der Waals surface area contributed by atoms with Crippen LogP contribution in [0.25, 0.3) is 0 Å². The molecule has 4 rings (SSSR count). The van der Waals surface area contributed by atoms with E-state index in [4.69, 9.17) is 4.74 Å². The third-order valence-electron chi connectivity index (χ3n) is 4.78. The molecule has 3 aromatic rings. The Labute approximate surface area is 156 Å². The van der Waals surface area contributed by atoms with Gasteiger partial charge in [0.1, 0.15) is 5.82 Å². The molecule has 0 fully saturated rings. The van der Waals surface area contributed by atoms with Crippen LogP contribution in [-0.4, -0.2) is 28.8 Å². The van der Waals surface area contributed by atoms with Gasteiger partial charge in [-0.25, -0.2) is 9.48 Å². The van der Waals surface area contributed by atoms with Crippen molar-refractivity contribution in [3.8, 4) is 0 Å². The Morgan fingerprint density at radius 3 is 2.81 bits per heavy atom. The van der Waals surface area contributed by atoms with E-state index < -0.39 is 5.97 Å². The zero-order valence-electron chi connectivity index (χ0n) is 14.9. The SMILES string of the molecule is COC(=O)c1cccc([C@H]2CC(=O)Nc3c2cnn3Cc2ccccc2)c1. The van der Waals surface area contributed by atoms with E-state index in [2.05, 4.69) is 10.4 Å². The predicted molar refractivity (Wildman–Crippen MR) is 101 cm³/mol. The average molecular weight is 361 g/mol. The summed E-state index contributed by atoms with van der Waals surface area (Å²) < 4.78 is 6.61. The van der Waals surface area contributed by atoms with Crippen LogP contribution in [0.1, 0.15) is 39.4 Å². The summed E-state index contributed by atoms with van der Waals surface area (Å²) in [7, 11) is 1.36. The van der Waals surface area contributed by atoms with Crippen LogP contribution in [0.2, 0.25) is 0 Å². The van der Waals surface area contributed by atoms with Crippen molar-refractivity contribution in [2.45, 2.75) is 18.9 Å². The smallest absolute Gasteiger partial charge is 0.337 e. The quantitative estimate of drug-likeness (QED) is 0.725. The van der Waals surface area contributed by atoms with Gasteiger partial charge >= 0.3 is 5.97 Å². The van der Waals surface area contributed by atoms with Crippen molar-refractivity contribution in [2.24, 2.45) is 0 Å². The molecule has 2 heterocycles. The highest BCUT2D eigenvalue weighted by Gasteiger charge is 2.30. The van der Waals surface area contributed by atoms with Crippen molar-refractivity contribution in [1.29, 1.82) is 0 Å². The summed E-state index contributed by atoms with van der Waals surface area (Å²) in [4.78, 5) is 24.2. The number of esters is 1. The van der Waals surface area contributed by atoms with Crippen molar-refractivity contribution in [1.82, 2.24) is 9.78 Å². The minimum atomic E-state index is -0.392. The van der Waals surface area contributed by atoms with E-state index in [0.29, 0.717) is 24.3 Å². The molecule has 1 aliphatic rings. The molecule has 0 saturated heterocycles. The first-order valence-electron chi connectivity index (χ1n) is 8.73. The molecule has 0 spiro atoms. The van der Waals surface area contributed by atoms with E-state index in [1.807, 2.05) is 42.5 Å². The fraction of sp³-hybridized carbons (Fsp3) is 0.190. The van der Waals surface area contributed by atoms with Crippen LogP contribution in [0.5, 0.6) is 0 Å². The maximum Gasteiger partial charge on any atom is 0.337 e. The number of nitrogens with zero attached hydrogens (tertiary/aromatic N) is 2. The zero-order valence-corrected chi connectivity index (χ0v) is 14.9. The number of benzene rings is 2. The van der Waals surface area contributed by atoms with Gasteiger partial charge in [0.25, 0.3) is 0 Å². The van der Waals surface area contributed by atoms with Gasteiger partial charge in [0, 0.05) is 17.9 Å². The number of methoxy groups -OCH3 is 1. The van der Waals surface area contributed by atoms with Gasteiger partial charge in [-0.05, 0) is 23.3 Å². The summed E-state index contributed by atoms with van der Waals surface area (Å²) in [5.74, 6) is 0.106. The summed E-state index contributed by atoms with van der Waals surface area (Å²) in [6.45, 7) is 0.575. The molecule has 0 saturated carbocycles. The van der Waals surface area contributed by atoms with E-state index >= 15 is 0 Å². The minimum Gasteiger partial charge on any atom is -0.465 e.